The van der Waals surface area contributed by atoms with Crippen molar-refractivity contribution in [3.05, 3.63) is 23.5 Å². The topological polar surface area (TPSA) is 88.5 Å². The Balaban J connectivity index is 2.59. The van der Waals surface area contributed by atoms with Crippen molar-refractivity contribution in [2.45, 2.75) is 32.9 Å². The Morgan fingerprint density at radius 3 is 2.78 bits per heavy atom. The van der Waals surface area contributed by atoms with Gasteiger partial charge in [-0.15, -0.1) is 0 Å². The van der Waals surface area contributed by atoms with E-state index in [2.05, 4.69) is 10.3 Å². The standard InChI is InChI=1S/C12H16N2O4/c1-12(2,3)18-11(17)14-5-9-4-8(7-15)10(16)6-13-9/h4,6-7,16H,5H2,1-3H3,(H,14,17). The lowest BCUT2D eigenvalue weighted by Gasteiger charge is -2.19. The zero-order valence-electron chi connectivity index (χ0n) is 10.6. The Bertz CT molecular complexity index is 452. The van der Waals surface area contributed by atoms with E-state index < -0.39 is 11.7 Å². The van der Waals surface area contributed by atoms with Crippen molar-refractivity contribution in [2.24, 2.45) is 0 Å². The van der Waals surface area contributed by atoms with Crippen molar-refractivity contribution in [1.82, 2.24) is 10.3 Å². The first kappa shape index (κ1) is 14.0. The van der Waals surface area contributed by atoms with E-state index in [1.165, 1.54) is 6.07 Å². The normalized spacial score (nSPS) is 10.8. The number of hydrogen-bond acceptors (Lipinski definition) is 5. The summed E-state index contributed by atoms with van der Waals surface area (Å²) >= 11 is 0. The Labute approximate surface area is 105 Å². The molecule has 0 aromatic carbocycles. The molecule has 0 radical (unpaired) electrons. The summed E-state index contributed by atoms with van der Waals surface area (Å²) in [5, 5.41) is 11.8. The lowest BCUT2D eigenvalue weighted by molar-refractivity contribution is 0.0523. The number of aromatic nitrogens is 1. The molecule has 18 heavy (non-hydrogen) atoms. The number of hydrogen-bond donors (Lipinski definition) is 2. The zero-order valence-corrected chi connectivity index (χ0v) is 10.6. The zero-order chi connectivity index (χ0) is 13.8. The highest BCUT2D eigenvalue weighted by Crippen LogP contribution is 2.13. The summed E-state index contributed by atoms with van der Waals surface area (Å²) in [6, 6.07) is 1.40. The Kier molecular flexibility index (Phi) is 4.25. The first-order chi connectivity index (χ1) is 8.31. The molecule has 2 N–H and O–H groups in total. The average molecular weight is 252 g/mol. The molecule has 0 saturated carbocycles. The number of carbonyl (C=O) groups excluding carboxylic acids is 2. The molecule has 0 bridgehead atoms. The molecule has 0 fully saturated rings. The lowest BCUT2D eigenvalue weighted by Crippen LogP contribution is -2.32. The summed E-state index contributed by atoms with van der Waals surface area (Å²) in [5.74, 6) is -0.189. The second kappa shape index (κ2) is 5.48. The second-order valence-electron chi connectivity index (χ2n) is 4.71. The number of nitrogens with one attached hydrogen (secondary N) is 1. The molecule has 6 heteroatoms. The number of nitrogens with zero attached hydrogens (tertiary/aromatic N) is 1. The molecule has 1 amide bonds. The van der Waals surface area contributed by atoms with Crippen molar-refractivity contribution in [3.8, 4) is 5.75 Å². The van der Waals surface area contributed by atoms with Crippen LogP contribution in [0.2, 0.25) is 0 Å². The van der Waals surface area contributed by atoms with Gasteiger partial charge in [0.25, 0.3) is 0 Å². The predicted octanol–water partition coefficient (Wildman–Crippen LogP) is 1.62. The highest BCUT2D eigenvalue weighted by Gasteiger charge is 2.15. The minimum absolute atomic E-state index is 0.121. The summed E-state index contributed by atoms with van der Waals surface area (Å²) < 4.78 is 5.04. The molecule has 0 unspecified atom stereocenters. The van der Waals surface area contributed by atoms with Crippen LogP contribution in [0.1, 0.15) is 36.8 Å². The minimum atomic E-state index is -0.569. The van der Waals surface area contributed by atoms with Crippen LogP contribution in [-0.2, 0) is 11.3 Å². The lowest BCUT2D eigenvalue weighted by atomic mass is 10.2. The van der Waals surface area contributed by atoms with Crippen molar-refractivity contribution < 1.29 is 19.4 Å². The molecule has 6 nitrogen and oxygen atoms in total. The van der Waals surface area contributed by atoms with Crippen LogP contribution >= 0.6 is 0 Å². The van der Waals surface area contributed by atoms with E-state index in [1.807, 2.05) is 0 Å². The molecule has 0 aliphatic heterocycles. The fourth-order valence-electron chi connectivity index (χ4n) is 1.18. The third kappa shape index (κ3) is 4.40. The highest BCUT2D eigenvalue weighted by molar-refractivity contribution is 5.78. The molecular formula is C12H16N2O4. The Hall–Kier alpha value is -2.11. The van der Waals surface area contributed by atoms with Crippen LogP contribution < -0.4 is 5.32 Å². The molecular weight excluding hydrogens is 236 g/mol. The van der Waals surface area contributed by atoms with Crippen LogP contribution in [0.3, 0.4) is 0 Å². The summed E-state index contributed by atoms with van der Waals surface area (Å²) in [6.45, 7) is 5.40. The quantitative estimate of drug-likeness (QED) is 0.798. The minimum Gasteiger partial charge on any atom is -0.506 e. The SMILES string of the molecule is CC(C)(C)OC(=O)NCc1cc(C=O)c(O)cn1. The third-order valence-corrected chi connectivity index (χ3v) is 1.91. The maximum Gasteiger partial charge on any atom is 0.407 e. The molecule has 0 atom stereocenters. The van der Waals surface area contributed by atoms with Crippen molar-refractivity contribution in [2.75, 3.05) is 0 Å². The van der Waals surface area contributed by atoms with Crippen molar-refractivity contribution in [1.29, 1.82) is 0 Å². The number of alkyl carbamates (subject to hydrolysis) is 1. The van der Waals surface area contributed by atoms with E-state index in [9.17, 15) is 14.7 Å². The first-order valence-electron chi connectivity index (χ1n) is 5.42. The van der Waals surface area contributed by atoms with Gasteiger partial charge in [0.15, 0.2) is 6.29 Å². The van der Waals surface area contributed by atoms with E-state index in [-0.39, 0.29) is 17.9 Å². The average Bonchev–Trinajstić information content (AvgIpc) is 2.25. The number of rotatable bonds is 3. The van der Waals surface area contributed by atoms with Gasteiger partial charge in [-0.1, -0.05) is 0 Å². The van der Waals surface area contributed by atoms with Gasteiger partial charge in [-0.2, -0.15) is 0 Å². The van der Waals surface area contributed by atoms with Crippen LogP contribution in [0.25, 0.3) is 0 Å². The van der Waals surface area contributed by atoms with Crippen LogP contribution in [0.4, 0.5) is 4.79 Å². The number of pyridine rings is 1. The number of amides is 1. The molecule has 0 saturated heterocycles. The van der Waals surface area contributed by atoms with E-state index in [0.29, 0.717) is 12.0 Å². The maximum absolute atomic E-state index is 11.4. The summed E-state index contributed by atoms with van der Waals surface area (Å²) in [5.41, 5.74) is 0.0206. The Morgan fingerprint density at radius 1 is 1.56 bits per heavy atom. The fraction of sp³-hybridized carbons (Fsp3) is 0.417. The molecule has 0 aliphatic rings. The smallest absolute Gasteiger partial charge is 0.407 e. The van der Waals surface area contributed by atoms with E-state index >= 15 is 0 Å². The Morgan fingerprint density at radius 2 is 2.22 bits per heavy atom. The van der Waals surface area contributed by atoms with E-state index in [0.717, 1.165) is 6.20 Å². The largest absolute Gasteiger partial charge is 0.506 e. The van der Waals surface area contributed by atoms with Gasteiger partial charge in [-0.25, -0.2) is 4.79 Å². The molecule has 0 aliphatic carbocycles. The predicted molar refractivity (Wildman–Crippen MR) is 64.4 cm³/mol. The van der Waals surface area contributed by atoms with Crippen LogP contribution in [0, 0.1) is 0 Å². The maximum atomic E-state index is 11.4. The number of aromatic hydroxyl groups is 1. The molecule has 1 heterocycles. The number of aldehydes is 1. The van der Waals surface area contributed by atoms with Crippen molar-refractivity contribution >= 4 is 12.4 Å². The summed E-state index contributed by atoms with van der Waals surface area (Å²) in [7, 11) is 0. The fourth-order valence-corrected chi connectivity index (χ4v) is 1.18. The number of carbonyl (C=O) groups is 2. The third-order valence-electron chi connectivity index (χ3n) is 1.91. The van der Waals surface area contributed by atoms with Gasteiger partial charge in [-0.05, 0) is 26.8 Å². The monoisotopic (exact) mass is 252 g/mol. The molecule has 0 spiro atoms. The van der Waals surface area contributed by atoms with Crippen LogP contribution in [0.15, 0.2) is 12.3 Å². The van der Waals surface area contributed by atoms with Crippen molar-refractivity contribution in [3.63, 3.8) is 0 Å². The van der Waals surface area contributed by atoms with Gasteiger partial charge < -0.3 is 15.2 Å². The van der Waals surface area contributed by atoms with Crippen LogP contribution in [-0.4, -0.2) is 28.1 Å². The van der Waals surface area contributed by atoms with Gasteiger partial charge in [0.05, 0.1) is 24.0 Å². The molecule has 1 rings (SSSR count). The van der Waals surface area contributed by atoms with Gasteiger partial charge in [0.1, 0.15) is 11.4 Å². The molecule has 98 valence electrons. The highest BCUT2D eigenvalue weighted by atomic mass is 16.6. The number of ether oxygens (including phenoxy) is 1. The van der Waals surface area contributed by atoms with Gasteiger partial charge in [0, 0.05) is 0 Å². The molecule has 1 aromatic heterocycles. The van der Waals surface area contributed by atoms with Gasteiger partial charge in [-0.3, -0.25) is 9.78 Å². The van der Waals surface area contributed by atoms with Gasteiger partial charge in [0.2, 0.25) is 0 Å². The van der Waals surface area contributed by atoms with E-state index in [1.54, 1.807) is 20.8 Å². The second-order valence-corrected chi connectivity index (χ2v) is 4.71. The van der Waals surface area contributed by atoms with E-state index in [4.69, 9.17) is 4.74 Å². The first-order valence-corrected chi connectivity index (χ1v) is 5.42. The summed E-state index contributed by atoms with van der Waals surface area (Å²) in [4.78, 5) is 25.9. The van der Waals surface area contributed by atoms with Gasteiger partial charge >= 0.3 is 6.09 Å². The molecule has 1 aromatic rings. The summed E-state index contributed by atoms with van der Waals surface area (Å²) in [6.07, 6.45) is 1.12. The van der Waals surface area contributed by atoms with Crippen LogP contribution in [0.5, 0.6) is 5.75 Å².